The standard InChI is InChI=1S/C33H35ClN2O7/c1-32(2,31(39)40)17-22-16-24-15-21(12-14-36(24)27(22)28(37)20-7-9-23(34)10-8-20)30(38)33(3,4)19-43-18-25-29(42-6)26(41-5)11-13-35-25/h7-16H,17-19H2,1-6H3,(H,39,40). The Hall–Kier alpha value is -4.21. The van der Waals surface area contributed by atoms with Crippen LogP contribution in [-0.2, 0) is 22.6 Å². The number of carboxylic acid groups (broad SMARTS) is 1. The zero-order valence-electron chi connectivity index (χ0n) is 25.1. The molecular weight excluding hydrogens is 572 g/mol. The molecule has 1 N–H and O–H groups in total. The molecule has 0 saturated carbocycles. The molecule has 3 heterocycles. The number of Topliss-reactive ketones (excluding diaryl/α,β-unsaturated/α-hetero) is 1. The number of hydrogen-bond donors (Lipinski definition) is 1. The number of carboxylic acids is 1. The highest BCUT2D eigenvalue weighted by atomic mass is 35.5. The monoisotopic (exact) mass is 606 g/mol. The molecule has 0 aliphatic carbocycles. The molecule has 0 aliphatic rings. The fourth-order valence-electron chi connectivity index (χ4n) is 4.87. The molecule has 0 amide bonds. The van der Waals surface area contributed by atoms with E-state index in [0.29, 0.717) is 50.1 Å². The van der Waals surface area contributed by atoms with Gasteiger partial charge in [0.15, 0.2) is 17.3 Å². The molecule has 0 spiro atoms. The van der Waals surface area contributed by atoms with Crippen LogP contribution in [0, 0.1) is 10.8 Å². The number of methoxy groups -OCH3 is 2. The summed E-state index contributed by atoms with van der Waals surface area (Å²) in [5.41, 5.74) is 0.887. The topological polar surface area (TPSA) is 116 Å². The number of aromatic nitrogens is 2. The van der Waals surface area contributed by atoms with E-state index >= 15 is 0 Å². The van der Waals surface area contributed by atoms with E-state index in [0.717, 1.165) is 0 Å². The first-order chi connectivity index (χ1) is 20.3. The highest BCUT2D eigenvalue weighted by Crippen LogP contribution is 2.32. The van der Waals surface area contributed by atoms with Crippen molar-refractivity contribution in [3.63, 3.8) is 0 Å². The maximum absolute atomic E-state index is 13.7. The van der Waals surface area contributed by atoms with Crippen molar-refractivity contribution in [1.82, 2.24) is 9.38 Å². The average Bonchev–Trinajstić information content (AvgIpc) is 3.32. The number of ether oxygens (including phenoxy) is 3. The average molecular weight is 607 g/mol. The number of hydrogen-bond acceptors (Lipinski definition) is 7. The smallest absolute Gasteiger partial charge is 0.309 e. The fraction of sp³-hybridized carbons (Fsp3) is 0.333. The number of pyridine rings is 2. The van der Waals surface area contributed by atoms with E-state index in [4.69, 9.17) is 25.8 Å². The molecule has 0 aliphatic heterocycles. The van der Waals surface area contributed by atoms with Gasteiger partial charge in [-0.05, 0) is 68.3 Å². The molecule has 4 rings (SSSR count). The normalized spacial score (nSPS) is 11.9. The van der Waals surface area contributed by atoms with Crippen LogP contribution in [0.25, 0.3) is 5.52 Å². The first-order valence-electron chi connectivity index (χ1n) is 13.6. The first kappa shape index (κ1) is 31.7. The summed E-state index contributed by atoms with van der Waals surface area (Å²) in [7, 11) is 3.06. The number of benzene rings is 1. The molecule has 10 heteroatoms. The van der Waals surface area contributed by atoms with E-state index in [1.54, 1.807) is 100 Å². The van der Waals surface area contributed by atoms with Gasteiger partial charge in [0.05, 0.1) is 44.0 Å². The molecule has 226 valence electrons. The number of carbonyl (C=O) groups excluding carboxylic acids is 2. The second-order valence-electron chi connectivity index (χ2n) is 11.6. The van der Waals surface area contributed by atoms with Crippen LogP contribution in [0.4, 0.5) is 0 Å². The lowest BCUT2D eigenvalue weighted by molar-refractivity contribution is -0.146. The Kier molecular flexibility index (Phi) is 9.27. The minimum atomic E-state index is -1.13. The number of nitrogens with zero attached hydrogens (tertiary/aromatic N) is 2. The number of aliphatic carboxylic acids is 1. The molecule has 4 aromatic rings. The van der Waals surface area contributed by atoms with Gasteiger partial charge >= 0.3 is 5.97 Å². The molecule has 0 fully saturated rings. The van der Waals surface area contributed by atoms with Gasteiger partial charge in [-0.25, -0.2) is 0 Å². The molecule has 0 unspecified atom stereocenters. The Morgan fingerprint density at radius 2 is 1.63 bits per heavy atom. The van der Waals surface area contributed by atoms with Gasteiger partial charge in [-0.2, -0.15) is 0 Å². The van der Waals surface area contributed by atoms with Crippen molar-refractivity contribution in [2.45, 2.75) is 40.7 Å². The maximum Gasteiger partial charge on any atom is 0.309 e. The predicted molar refractivity (Wildman–Crippen MR) is 163 cm³/mol. The van der Waals surface area contributed by atoms with Crippen LogP contribution < -0.4 is 9.47 Å². The second-order valence-corrected chi connectivity index (χ2v) is 12.1. The van der Waals surface area contributed by atoms with Gasteiger partial charge in [-0.15, -0.1) is 0 Å². The summed E-state index contributed by atoms with van der Waals surface area (Å²) >= 11 is 6.03. The zero-order chi connectivity index (χ0) is 31.5. The lowest BCUT2D eigenvalue weighted by Gasteiger charge is -2.23. The number of carbonyl (C=O) groups is 3. The molecule has 3 aromatic heterocycles. The van der Waals surface area contributed by atoms with Gasteiger partial charge in [0.25, 0.3) is 0 Å². The molecule has 0 saturated heterocycles. The zero-order valence-corrected chi connectivity index (χ0v) is 25.8. The Morgan fingerprint density at radius 3 is 2.26 bits per heavy atom. The Bertz CT molecular complexity index is 1670. The molecule has 43 heavy (non-hydrogen) atoms. The molecule has 0 radical (unpaired) electrons. The van der Waals surface area contributed by atoms with E-state index in [1.807, 2.05) is 0 Å². The SMILES string of the molecule is COc1ccnc(COCC(C)(C)C(=O)c2ccn3c(C(=O)c4ccc(Cl)cc4)c(CC(C)(C)C(=O)O)cc3c2)c1OC. The predicted octanol–water partition coefficient (Wildman–Crippen LogP) is 6.31. The summed E-state index contributed by atoms with van der Waals surface area (Å²) in [6.45, 7) is 7.05. The van der Waals surface area contributed by atoms with Crippen LogP contribution >= 0.6 is 11.6 Å². The van der Waals surface area contributed by atoms with Gasteiger partial charge < -0.3 is 23.7 Å². The highest BCUT2D eigenvalue weighted by molar-refractivity contribution is 6.30. The summed E-state index contributed by atoms with van der Waals surface area (Å²) in [5, 5.41) is 10.3. The second kappa shape index (κ2) is 12.6. The third kappa shape index (κ3) is 6.73. The van der Waals surface area contributed by atoms with E-state index < -0.39 is 16.8 Å². The molecular formula is C33H35ClN2O7. The van der Waals surface area contributed by atoms with E-state index in [2.05, 4.69) is 4.98 Å². The highest BCUT2D eigenvalue weighted by Gasteiger charge is 2.33. The lowest BCUT2D eigenvalue weighted by Crippen LogP contribution is -2.30. The van der Waals surface area contributed by atoms with Crippen LogP contribution in [0.5, 0.6) is 11.5 Å². The minimum Gasteiger partial charge on any atom is -0.493 e. The van der Waals surface area contributed by atoms with Gasteiger partial charge in [0.1, 0.15) is 5.69 Å². The third-order valence-corrected chi connectivity index (χ3v) is 7.58. The van der Waals surface area contributed by atoms with Gasteiger partial charge in [0.2, 0.25) is 5.78 Å². The maximum atomic E-state index is 13.7. The van der Waals surface area contributed by atoms with Crippen LogP contribution in [0.1, 0.15) is 65.4 Å². The number of halogens is 1. The van der Waals surface area contributed by atoms with Crippen LogP contribution in [-0.4, -0.2) is 52.9 Å². The van der Waals surface area contributed by atoms with Crippen LogP contribution in [0.2, 0.25) is 5.02 Å². The van der Waals surface area contributed by atoms with Crippen molar-refractivity contribution in [3.05, 3.63) is 94.0 Å². The quantitative estimate of drug-likeness (QED) is 0.176. The first-order valence-corrected chi connectivity index (χ1v) is 14.0. The third-order valence-electron chi connectivity index (χ3n) is 7.33. The van der Waals surface area contributed by atoms with E-state index in [-0.39, 0.29) is 31.2 Å². The van der Waals surface area contributed by atoms with Crippen molar-refractivity contribution in [2.24, 2.45) is 10.8 Å². The largest absolute Gasteiger partial charge is 0.493 e. The Balaban J connectivity index is 1.63. The number of ketones is 2. The van der Waals surface area contributed by atoms with Crippen molar-refractivity contribution < 1.29 is 33.7 Å². The van der Waals surface area contributed by atoms with Crippen molar-refractivity contribution in [1.29, 1.82) is 0 Å². The number of rotatable bonds is 13. The summed E-state index contributed by atoms with van der Waals surface area (Å²) in [5.74, 6) is -0.403. The van der Waals surface area contributed by atoms with Crippen LogP contribution in [0.3, 0.4) is 0 Å². The van der Waals surface area contributed by atoms with Crippen LogP contribution in [0.15, 0.2) is 60.9 Å². The van der Waals surface area contributed by atoms with Gasteiger partial charge in [0, 0.05) is 40.1 Å². The fourth-order valence-corrected chi connectivity index (χ4v) is 4.99. The van der Waals surface area contributed by atoms with E-state index in [9.17, 15) is 19.5 Å². The van der Waals surface area contributed by atoms with Gasteiger partial charge in [-0.3, -0.25) is 19.4 Å². The molecule has 9 nitrogen and oxygen atoms in total. The Labute approximate surface area is 255 Å². The number of fused-ring (bicyclic) bond motifs is 1. The minimum absolute atomic E-state index is 0.110. The summed E-state index contributed by atoms with van der Waals surface area (Å²) in [6, 6.07) is 13.4. The van der Waals surface area contributed by atoms with Gasteiger partial charge in [-0.1, -0.05) is 25.4 Å². The summed E-state index contributed by atoms with van der Waals surface area (Å²) < 4.78 is 18.3. The van der Waals surface area contributed by atoms with Crippen molar-refractivity contribution in [2.75, 3.05) is 20.8 Å². The van der Waals surface area contributed by atoms with E-state index in [1.165, 1.54) is 7.11 Å². The molecule has 1 aromatic carbocycles. The van der Waals surface area contributed by atoms with Crippen molar-refractivity contribution >= 4 is 34.7 Å². The Morgan fingerprint density at radius 1 is 0.930 bits per heavy atom. The summed E-state index contributed by atoms with van der Waals surface area (Å²) in [4.78, 5) is 43.6. The molecule has 0 bridgehead atoms. The molecule has 0 atom stereocenters. The van der Waals surface area contributed by atoms with Crippen molar-refractivity contribution in [3.8, 4) is 11.5 Å². The lowest BCUT2D eigenvalue weighted by atomic mass is 9.85. The summed E-state index contributed by atoms with van der Waals surface area (Å²) in [6.07, 6.45) is 3.38.